The van der Waals surface area contributed by atoms with Crippen molar-refractivity contribution in [2.24, 2.45) is 0 Å². The summed E-state index contributed by atoms with van der Waals surface area (Å²) in [5.74, 6) is -0.0925. The van der Waals surface area contributed by atoms with Crippen LogP contribution in [-0.2, 0) is 10.2 Å². The molecule has 0 unspecified atom stereocenters. The van der Waals surface area contributed by atoms with Gasteiger partial charge in [-0.3, -0.25) is 4.79 Å². The Hall–Kier alpha value is -2.11. The van der Waals surface area contributed by atoms with Gasteiger partial charge >= 0.3 is 6.03 Å². The lowest BCUT2D eigenvalue weighted by Gasteiger charge is -2.46. The van der Waals surface area contributed by atoms with Gasteiger partial charge in [0.25, 0.3) is 0 Å². The number of likely N-dealkylation sites (tertiary alicyclic amines) is 1. The number of amides is 3. The zero-order valence-electron chi connectivity index (χ0n) is 14.3. The number of hydrogen-bond donors (Lipinski definition) is 1. The van der Waals surface area contributed by atoms with Crippen LogP contribution in [0.2, 0.25) is 0 Å². The van der Waals surface area contributed by atoms with Gasteiger partial charge in [0.1, 0.15) is 5.82 Å². The highest BCUT2D eigenvalue weighted by Gasteiger charge is 2.48. The number of halogens is 1. The first-order valence-corrected chi connectivity index (χ1v) is 9.20. The van der Waals surface area contributed by atoms with E-state index in [1.165, 1.54) is 12.1 Å². The van der Waals surface area contributed by atoms with E-state index in [1.807, 2.05) is 9.80 Å². The predicted molar refractivity (Wildman–Crippen MR) is 91.6 cm³/mol. The topological polar surface area (TPSA) is 52.7 Å². The number of rotatable bonds is 3. The van der Waals surface area contributed by atoms with E-state index in [0.717, 1.165) is 44.2 Å². The first-order valence-electron chi connectivity index (χ1n) is 9.20. The lowest BCUT2D eigenvalue weighted by molar-refractivity contribution is -0.142. The molecule has 0 bridgehead atoms. The molecule has 4 rings (SSSR count). The second kappa shape index (κ2) is 6.32. The molecule has 0 atom stereocenters. The van der Waals surface area contributed by atoms with Crippen molar-refractivity contribution >= 4 is 11.9 Å². The van der Waals surface area contributed by atoms with Gasteiger partial charge in [-0.25, -0.2) is 9.18 Å². The van der Waals surface area contributed by atoms with Crippen LogP contribution in [0, 0.1) is 5.82 Å². The fraction of sp³-hybridized carbons (Fsp3) is 0.579. The van der Waals surface area contributed by atoms with Crippen molar-refractivity contribution in [3.05, 3.63) is 35.6 Å². The van der Waals surface area contributed by atoms with E-state index >= 15 is 0 Å². The molecule has 3 aliphatic rings. The normalized spacial score (nSPS) is 23.3. The van der Waals surface area contributed by atoms with Gasteiger partial charge in [0.05, 0.1) is 5.41 Å². The second-order valence-electron chi connectivity index (χ2n) is 7.39. The molecule has 25 heavy (non-hydrogen) atoms. The van der Waals surface area contributed by atoms with Crippen molar-refractivity contribution in [3.63, 3.8) is 0 Å². The van der Waals surface area contributed by atoms with Gasteiger partial charge in [-0.1, -0.05) is 18.6 Å². The molecule has 3 amide bonds. The zero-order valence-corrected chi connectivity index (χ0v) is 14.3. The highest BCUT2D eigenvalue weighted by atomic mass is 19.1. The number of urea groups is 1. The third-order valence-corrected chi connectivity index (χ3v) is 6.10. The number of nitrogens with zero attached hydrogens (tertiary/aromatic N) is 2. The Labute approximate surface area is 147 Å². The highest BCUT2D eigenvalue weighted by Crippen LogP contribution is 2.45. The molecule has 1 aromatic rings. The number of carbonyl (C=O) groups is 2. The Kier molecular flexibility index (Phi) is 4.13. The van der Waals surface area contributed by atoms with Gasteiger partial charge in [-0.05, 0) is 43.4 Å². The number of piperidine rings is 1. The van der Waals surface area contributed by atoms with Gasteiger partial charge < -0.3 is 15.1 Å². The molecule has 134 valence electrons. The van der Waals surface area contributed by atoms with Gasteiger partial charge in [0.15, 0.2) is 0 Å². The average molecular weight is 345 g/mol. The van der Waals surface area contributed by atoms with Crippen LogP contribution in [0.5, 0.6) is 0 Å². The largest absolute Gasteiger partial charge is 0.342 e. The molecule has 1 aliphatic carbocycles. The summed E-state index contributed by atoms with van der Waals surface area (Å²) < 4.78 is 13.2. The summed E-state index contributed by atoms with van der Waals surface area (Å²) >= 11 is 0. The van der Waals surface area contributed by atoms with Crippen LogP contribution in [-0.4, -0.2) is 54.0 Å². The Morgan fingerprint density at radius 1 is 1.12 bits per heavy atom. The minimum atomic E-state index is -0.467. The average Bonchev–Trinajstić information content (AvgIpc) is 3.01. The molecule has 3 fully saturated rings. The fourth-order valence-electron chi connectivity index (χ4n) is 4.44. The Bertz CT molecular complexity index is 664. The quantitative estimate of drug-likeness (QED) is 0.914. The molecule has 0 aromatic heterocycles. The molecule has 2 heterocycles. The van der Waals surface area contributed by atoms with E-state index in [4.69, 9.17) is 0 Å². The van der Waals surface area contributed by atoms with Crippen molar-refractivity contribution in [2.45, 2.75) is 43.6 Å². The van der Waals surface area contributed by atoms with Gasteiger partial charge in [-0.2, -0.15) is 0 Å². The SMILES string of the molecule is O=C1NCCN1C1CCN(C(=O)C2(c3ccc(F)cc3)CCC2)CC1. The van der Waals surface area contributed by atoms with Crippen molar-refractivity contribution in [2.75, 3.05) is 26.2 Å². The number of benzene rings is 1. The van der Waals surface area contributed by atoms with E-state index in [2.05, 4.69) is 5.32 Å². The predicted octanol–water partition coefficient (Wildman–Crippen LogP) is 2.26. The molecule has 2 aliphatic heterocycles. The van der Waals surface area contributed by atoms with E-state index < -0.39 is 5.41 Å². The van der Waals surface area contributed by atoms with Crippen LogP contribution >= 0.6 is 0 Å². The van der Waals surface area contributed by atoms with Crippen LogP contribution in [0.4, 0.5) is 9.18 Å². The third-order valence-electron chi connectivity index (χ3n) is 6.10. The second-order valence-corrected chi connectivity index (χ2v) is 7.39. The van der Waals surface area contributed by atoms with E-state index in [-0.39, 0.29) is 23.8 Å². The summed E-state index contributed by atoms with van der Waals surface area (Å²) in [4.78, 5) is 28.9. The molecule has 2 saturated heterocycles. The third kappa shape index (κ3) is 2.77. The Balaban J connectivity index is 1.44. The van der Waals surface area contributed by atoms with Crippen molar-refractivity contribution in [3.8, 4) is 0 Å². The zero-order chi connectivity index (χ0) is 17.4. The van der Waals surface area contributed by atoms with Crippen molar-refractivity contribution in [1.29, 1.82) is 0 Å². The summed E-state index contributed by atoms with van der Waals surface area (Å²) in [7, 11) is 0. The standard InChI is InChI=1S/C19H24FN3O2/c20-15-4-2-14(3-5-15)19(8-1-9-19)17(24)22-11-6-16(7-12-22)23-13-10-21-18(23)25/h2-5,16H,1,6-13H2,(H,21,25). The summed E-state index contributed by atoms with van der Waals surface area (Å²) in [6.45, 7) is 2.86. The molecule has 0 radical (unpaired) electrons. The molecule has 0 spiro atoms. The van der Waals surface area contributed by atoms with Crippen LogP contribution in [0.3, 0.4) is 0 Å². The maximum absolute atomic E-state index is 13.2. The number of carbonyl (C=O) groups excluding carboxylic acids is 2. The lowest BCUT2D eigenvalue weighted by Crippen LogP contribution is -2.55. The summed E-state index contributed by atoms with van der Waals surface area (Å²) in [5.41, 5.74) is 0.470. The Morgan fingerprint density at radius 3 is 2.32 bits per heavy atom. The maximum Gasteiger partial charge on any atom is 0.317 e. The molecule has 1 N–H and O–H groups in total. The van der Waals surface area contributed by atoms with Gasteiger partial charge in [0, 0.05) is 32.2 Å². The molecule has 1 saturated carbocycles. The van der Waals surface area contributed by atoms with Crippen LogP contribution in [0.25, 0.3) is 0 Å². The molecule has 1 aromatic carbocycles. The summed E-state index contributed by atoms with van der Waals surface area (Å²) in [6.07, 6.45) is 4.38. The van der Waals surface area contributed by atoms with Crippen molar-refractivity contribution in [1.82, 2.24) is 15.1 Å². The Morgan fingerprint density at radius 2 is 1.80 bits per heavy atom. The first kappa shape index (κ1) is 16.4. The lowest BCUT2D eigenvalue weighted by atomic mass is 9.63. The molecular formula is C19H24FN3O2. The highest BCUT2D eigenvalue weighted by molar-refractivity contribution is 5.89. The minimum absolute atomic E-state index is 0.0200. The fourth-order valence-corrected chi connectivity index (χ4v) is 4.44. The smallest absolute Gasteiger partial charge is 0.317 e. The monoisotopic (exact) mass is 345 g/mol. The van der Waals surface area contributed by atoms with Crippen LogP contribution in [0.1, 0.15) is 37.7 Å². The summed E-state index contributed by atoms with van der Waals surface area (Å²) in [6, 6.07) is 6.66. The maximum atomic E-state index is 13.2. The van der Waals surface area contributed by atoms with E-state index in [9.17, 15) is 14.0 Å². The first-order chi connectivity index (χ1) is 12.1. The van der Waals surface area contributed by atoms with E-state index in [0.29, 0.717) is 19.6 Å². The van der Waals surface area contributed by atoms with Gasteiger partial charge in [0.2, 0.25) is 5.91 Å². The van der Waals surface area contributed by atoms with Crippen LogP contribution < -0.4 is 5.32 Å². The molecule has 5 nitrogen and oxygen atoms in total. The van der Waals surface area contributed by atoms with Gasteiger partial charge in [-0.15, -0.1) is 0 Å². The van der Waals surface area contributed by atoms with E-state index in [1.54, 1.807) is 12.1 Å². The number of hydrogen-bond acceptors (Lipinski definition) is 2. The molecular weight excluding hydrogens is 321 g/mol. The molecule has 6 heteroatoms. The number of nitrogens with one attached hydrogen (secondary N) is 1. The van der Waals surface area contributed by atoms with Crippen molar-refractivity contribution < 1.29 is 14.0 Å². The minimum Gasteiger partial charge on any atom is -0.342 e. The summed E-state index contributed by atoms with van der Waals surface area (Å²) in [5, 5.41) is 2.85. The van der Waals surface area contributed by atoms with Crippen LogP contribution in [0.15, 0.2) is 24.3 Å².